The first-order chi connectivity index (χ1) is 9.18. The van der Waals surface area contributed by atoms with E-state index in [0.717, 1.165) is 11.1 Å². The first-order valence-electron chi connectivity index (χ1n) is 5.64. The number of amides is 1. The molecule has 2 N–H and O–H groups in total. The number of primary amides is 1. The van der Waals surface area contributed by atoms with Crippen LogP contribution in [0, 0.1) is 0 Å². The molecule has 0 aliphatic rings. The summed E-state index contributed by atoms with van der Waals surface area (Å²) in [7, 11) is -1.44. The molecule has 0 spiro atoms. The number of rotatable bonds is 5. The van der Waals surface area contributed by atoms with E-state index >= 15 is 0 Å². The summed E-state index contributed by atoms with van der Waals surface area (Å²) in [5.74, 6) is -0.773. The smallest absolute Gasteiger partial charge is 0.230 e. The predicted molar refractivity (Wildman–Crippen MR) is 72.5 cm³/mol. The molecule has 2 aromatic rings. The Hall–Kier alpha value is -2.08. The fourth-order valence-corrected chi connectivity index (χ4v) is 3.11. The zero-order valence-electron chi connectivity index (χ0n) is 10.1. The van der Waals surface area contributed by atoms with E-state index in [0.29, 0.717) is 0 Å². The molecule has 1 unspecified atom stereocenters. The second kappa shape index (κ2) is 6.19. The van der Waals surface area contributed by atoms with E-state index in [1.807, 2.05) is 12.1 Å². The summed E-state index contributed by atoms with van der Waals surface area (Å²) in [6.45, 7) is 0. The van der Waals surface area contributed by atoms with Crippen LogP contribution in [-0.2, 0) is 15.6 Å². The van der Waals surface area contributed by atoms with E-state index in [2.05, 4.69) is 9.97 Å². The average molecular weight is 275 g/mol. The zero-order valence-corrected chi connectivity index (χ0v) is 10.9. The van der Waals surface area contributed by atoms with Gasteiger partial charge in [0.05, 0.1) is 5.25 Å². The number of hydrogen-bond acceptors (Lipinski definition) is 4. The molecule has 1 amide bonds. The Bertz CT molecular complexity index is 535. The molecule has 0 radical (unpaired) electrons. The van der Waals surface area contributed by atoms with Crippen LogP contribution in [0.2, 0.25) is 0 Å². The molecule has 5 nitrogen and oxygen atoms in total. The maximum Gasteiger partial charge on any atom is 0.230 e. The van der Waals surface area contributed by atoms with Gasteiger partial charge in [-0.15, -0.1) is 0 Å². The van der Waals surface area contributed by atoms with Crippen molar-refractivity contribution in [3.63, 3.8) is 0 Å². The summed E-state index contributed by atoms with van der Waals surface area (Å²) in [6, 6.07) is 7.17. The minimum atomic E-state index is -1.44. The van der Waals surface area contributed by atoms with Crippen molar-refractivity contribution in [1.29, 1.82) is 0 Å². The van der Waals surface area contributed by atoms with Gasteiger partial charge >= 0.3 is 0 Å². The summed E-state index contributed by atoms with van der Waals surface area (Å²) in [6.07, 6.45) is 6.55. The third-order valence-electron chi connectivity index (χ3n) is 2.52. The molecule has 98 valence electrons. The van der Waals surface area contributed by atoms with Crippen LogP contribution in [0.1, 0.15) is 16.4 Å². The fourth-order valence-electron chi connectivity index (χ4n) is 1.78. The van der Waals surface area contributed by atoms with Crippen molar-refractivity contribution in [2.24, 2.45) is 5.73 Å². The maximum absolute atomic E-state index is 12.3. The lowest BCUT2D eigenvalue weighted by Crippen LogP contribution is -2.23. The van der Waals surface area contributed by atoms with E-state index in [9.17, 15) is 9.00 Å². The van der Waals surface area contributed by atoms with Crippen LogP contribution in [0.15, 0.2) is 49.1 Å². The lowest BCUT2D eigenvalue weighted by atomic mass is 10.1. The van der Waals surface area contributed by atoms with E-state index in [-0.39, 0.29) is 5.75 Å². The highest BCUT2D eigenvalue weighted by Crippen LogP contribution is 2.27. The highest BCUT2D eigenvalue weighted by molar-refractivity contribution is 7.86. The molecule has 0 bridgehead atoms. The van der Waals surface area contributed by atoms with Crippen LogP contribution >= 0.6 is 0 Å². The molecule has 0 aliphatic heterocycles. The van der Waals surface area contributed by atoms with Gasteiger partial charge in [-0.25, -0.2) is 0 Å². The Labute approximate surface area is 113 Å². The van der Waals surface area contributed by atoms with Gasteiger partial charge in [-0.3, -0.25) is 19.0 Å². The van der Waals surface area contributed by atoms with Crippen LogP contribution in [0.3, 0.4) is 0 Å². The predicted octanol–water partition coefficient (Wildman–Crippen LogP) is 0.800. The van der Waals surface area contributed by atoms with E-state index < -0.39 is 22.0 Å². The number of carbonyl (C=O) groups is 1. The van der Waals surface area contributed by atoms with Gasteiger partial charge in [-0.2, -0.15) is 0 Å². The van der Waals surface area contributed by atoms with E-state index in [1.165, 1.54) is 0 Å². The van der Waals surface area contributed by atoms with Crippen molar-refractivity contribution >= 4 is 16.7 Å². The van der Waals surface area contributed by atoms with E-state index in [1.54, 1.807) is 36.9 Å². The summed E-state index contributed by atoms with van der Waals surface area (Å²) in [4.78, 5) is 19.0. The lowest BCUT2D eigenvalue weighted by molar-refractivity contribution is -0.115. The number of nitrogens with zero attached hydrogens (tertiary/aromatic N) is 2. The van der Waals surface area contributed by atoms with Gasteiger partial charge in [0.15, 0.2) is 0 Å². The van der Waals surface area contributed by atoms with Crippen LogP contribution in [0.25, 0.3) is 0 Å². The molecule has 0 saturated heterocycles. The average Bonchev–Trinajstić information content (AvgIpc) is 2.40. The SMILES string of the molecule is NC(=O)CS(=O)C(c1cccnc1)c1cccnc1. The van der Waals surface area contributed by atoms with Crippen molar-refractivity contribution < 1.29 is 9.00 Å². The number of pyridine rings is 2. The third-order valence-corrected chi connectivity index (χ3v) is 4.16. The Balaban J connectivity index is 2.40. The number of hydrogen-bond donors (Lipinski definition) is 1. The molecular weight excluding hydrogens is 262 g/mol. The maximum atomic E-state index is 12.3. The second-order valence-electron chi connectivity index (χ2n) is 3.94. The van der Waals surface area contributed by atoms with Crippen LogP contribution in [0.5, 0.6) is 0 Å². The van der Waals surface area contributed by atoms with Gasteiger partial charge in [0.2, 0.25) is 5.91 Å². The number of carbonyl (C=O) groups excluding carboxylic acids is 1. The summed E-state index contributed by atoms with van der Waals surface area (Å²) >= 11 is 0. The van der Waals surface area contributed by atoms with Crippen molar-refractivity contribution in [2.45, 2.75) is 5.25 Å². The van der Waals surface area contributed by atoms with Gasteiger partial charge in [-0.1, -0.05) is 12.1 Å². The standard InChI is InChI=1S/C13H13N3O2S/c14-12(17)9-19(18)13(10-3-1-5-15-7-10)11-4-2-6-16-8-11/h1-8,13H,9H2,(H2,14,17). The number of nitrogens with two attached hydrogens (primary N) is 1. The molecule has 2 heterocycles. The van der Waals surface area contributed by atoms with Gasteiger partial charge in [-0.05, 0) is 23.3 Å². The quantitative estimate of drug-likeness (QED) is 0.874. The van der Waals surface area contributed by atoms with E-state index in [4.69, 9.17) is 5.73 Å². The summed E-state index contributed by atoms with van der Waals surface area (Å²) in [5, 5.41) is -0.449. The van der Waals surface area contributed by atoms with Crippen LogP contribution in [-0.4, -0.2) is 25.8 Å². The van der Waals surface area contributed by atoms with Gasteiger partial charge < -0.3 is 5.73 Å². The van der Waals surface area contributed by atoms with Gasteiger partial charge in [0.1, 0.15) is 5.75 Å². The minimum absolute atomic E-state index is 0.186. The monoisotopic (exact) mass is 275 g/mol. The third kappa shape index (κ3) is 3.45. The highest BCUT2D eigenvalue weighted by Gasteiger charge is 2.22. The van der Waals surface area contributed by atoms with Gasteiger partial charge in [0, 0.05) is 35.6 Å². The first kappa shape index (κ1) is 13.4. The molecule has 0 saturated carbocycles. The molecule has 0 fully saturated rings. The molecule has 2 aromatic heterocycles. The molecular formula is C13H13N3O2S. The summed E-state index contributed by atoms with van der Waals surface area (Å²) in [5.41, 5.74) is 6.67. The van der Waals surface area contributed by atoms with Crippen molar-refractivity contribution in [1.82, 2.24) is 9.97 Å². The molecule has 6 heteroatoms. The molecule has 0 aliphatic carbocycles. The van der Waals surface area contributed by atoms with Crippen LogP contribution < -0.4 is 5.73 Å². The largest absolute Gasteiger partial charge is 0.369 e. The normalized spacial score (nSPS) is 12.3. The van der Waals surface area contributed by atoms with Crippen LogP contribution in [0.4, 0.5) is 0 Å². The fraction of sp³-hybridized carbons (Fsp3) is 0.154. The van der Waals surface area contributed by atoms with Gasteiger partial charge in [0.25, 0.3) is 0 Å². The Morgan fingerprint density at radius 2 is 1.68 bits per heavy atom. The van der Waals surface area contributed by atoms with Crippen molar-refractivity contribution in [2.75, 3.05) is 5.75 Å². The Morgan fingerprint density at radius 1 is 1.16 bits per heavy atom. The molecule has 19 heavy (non-hydrogen) atoms. The number of aromatic nitrogens is 2. The lowest BCUT2D eigenvalue weighted by Gasteiger charge is -2.16. The summed E-state index contributed by atoms with van der Waals surface area (Å²) < 4.78 is 12.3. The second-order valence-corrected chi connectivity index (χ2v) is 5.47. The first-order valence-corrected chi connectivity index (χ1v) is 7.02. The highest BCUT2D eigenvalue weighted by atomic mass is 32.2. The minimum Gasteiger partial charge on any atom is -0.369 e. The zero-order chi connectivity index (χ0) is 13.7. The molecule has 0 aromatic carbocycles. The Morgan fingerprint density at radius 3 is 2.05 bits per heavy atom. The topological polar surface area (TPSA) is 85.9 Å². The van der Waals surface area contributed by atoms with Crippen molar-refractivity contribution in [3.05, 3.63) is 60.2 Å². The molecule has 2 rings (SSSR count). The van der Waals surface area contributed by atoms with Crippen molar-refractivity contribution in [3.8, 4) is 0 Å². The molecule has 1 atom stereocenters. The Kier molecular flexibility index (Phi) is 4.35.